The maximum atomic E-state index is 13.8. The third kappa shape index (κ3) is 4.09. The van der Waals surface area contributed by atoms with E-state index in [2.05, 4.69) is 30.5 Å². The highest BCUT2D eigenvalue weighted by Crippen LogP contribution is 2.32. The number of rotatable bonds is 6. The number of nitrogens with zero attached hydrogens (tertiary/aromatic N) is 7. The molecule has 3 N–H and O–H groups in total. The first-order valence-electron chi connectivity index (χ1n) is 12.0. The number of carbonyl (C=O) groups excluding carboxylic acids is 1. The lowest BCUT2D eigenvalue weighted by Gasteiger charge is -2.29. The third-order valence-electron chi connectivity index (χ3n) is 6.55. The number of nitrogens with one attached hydrogen (secondary N) is 1. The number of aromatic nitrogens is 7. The van der Waals surface area contributed by atoms with Crippen LogP contribution in [0.1, 0.15) is 23.7 Å². The molecule has 11 nitrogen and oxygen atoms in total. The zero-order chi connectivity index (χ0) is 28.1. The third-order valence-corrected chi connectivity index (χ3v) is 6.55. The van der Waals surface area contributed by atoms with Gasteiger partial charge in [-0.3, -0.25) is 9.78 Å². The van der Waals surface area contributed by atoms with E-state index in [0.717, 1.165) is 12.3 Å². The molecular weight excluding hydrogens is 527 g/mol. The van der Waals surface area contributed by atoms with Gasteiger partial charge in [-0.25, -0.2) is 9.67 Å². The number of fused-ring (bicyclic) bond motifs is 3. The second kappa shape index (κ2) is 9.18. The molecule has 0 aliphatic carbocycles. The molecule has 0 radical (unpaired) electrons. The Morgan fingerprint density at radius 1 is 1.00 bits per heavy atom. The van der Waals surface area contributed by atoms with Crippen LogP contribution in [0.15, 0.2) is 77.7 Å². The molecule has 14 heteroatoms. The van der Waals surface area contributed by atoms with Gasteiger partial charge >= 0.3 is 6.18 Å². The number of anilines is 1. The fourth-order valence-electron chi connectivity index (χ4n) is 4.40. The van der Waals surface area contributed by atoms with Gasteiger partial charge in [0.25, 0.3) is 5.91 Å². The fraction of sp³-hybridized carbons (Fsp3) is 0.154. The van der Waals surface area contributed by atoms with E-state index in [1.807, 2.05) is 0 Å². The van der Waals surface area contributed by atoms with Crippen molar-refractivity contribution in [1.82, 2.24) is 39.7 Å². The number of amides is 1. The number of benzene rings is 1. The molecule has 0 spiro atoms. The molecule has 0 saturated carbocycles. The van der Waals surface area contributed by atoms with Crippen LogP contribution in [-0.2, 0) is 23.1 Å². The predicted molar refractivity (Wildman–Crippen MR) is 136 cm³/mol. The van der Waals surface area contributed by atoms with Gasteiger partial charge in [-0.1, -0.05) is 30.3 Å². The molecule has 1 atom stereocenters. The van der Waals surface area contributed by atoms with E-state index < -0.39 is 23.2 Å². The molecule has 1 aromatic carbocycles. The van der Waals surface area contributed by atoms with Crippen LogP contribution in [0.4, 0.5) is 19.1 Å². The first-order valence-corrected chi connectivity index (χ1v) is 12.0. The van der Waals surface area contributed by atoms with E-state index in [0.29, 0.717) is 28.2 Å². The summed E-state index contributed by atoms with van der Waals surface area (Å²) < 4.78 is 46.9. The monoisotopic (exact) mass is 547 g/mol. The van der Waals surface area contributed by atoms with E-state index >= 15 is 0 Å². The summed E-state index contributed by atoms with van der Waals surface area (Å²) in [5.74, 6) is 0.253. The Hall–Kier alpha value is -5.27. The highest BCUT2D eigenvalue weighted by atomic mass is 19.4. The molecule has 0 saturated heterocycles. The number of pyridine rings is 1. The Morgan fingerprint density at radius 3 is 2.48 bits per heavy atom. The molecule has 5 aromatic heterocycles. The average Bonchev–Trinajstić information content (AvgIpc) is 3.71. The van der Waals surface area contributed by atoms with E-state index in [-0.39, 0.29) is 23.8 Å². The quantitative estimate of drug-likeness (QED) is 0.321. The largest absolute Gasteiger partial charge is 0.461 e. The van der Waals surface area contributed by atoms with Crippen LogP contribution in [0.25, 0.3) is 28.3 Å². The Balaban J connectivity index is 1.41. The number of hydrogen-bond acceptors (Lipinski definition) is 8. The van der Waals surface area contributed by atoms with Crippen molar-refractivity contribution < 1.29 is 22.4 Å². The van der Waals surface area contributed by atoms with Crippen LogP contribution in [0.3, 0.4) is 0 Å². The van der Waals surface area contributed by atoms with Crippen LogP contribution >= 0.6 is 0 Å². The fourth-order valence-corrected chi connectivity index (χ4v) is 4.40. The summed E-state index contributed by atoms with van der Waals surface area (Å²) in [5.41, 5.74) is 5.39. The van der Waals surface area contributed by atoms with Crippen LogP contribution in [-0.4, -0.2) is 40.3 Å². The maximum Gasteiger partial charge on any atom is 0.417 e. The van der Waals surface area contributed by atoms with Gasteiger partial charge in [0.2, 0.25) is 11.8 Å². The Kier molecular flexibility index (Phi) is 5.75. The van der Waals surface area contributed by atoms with Gasteiger partial charge in [-0.2, -0.15) is 27.8 Å². The molecule has 5 heterocycles. The first-order chi connectivity index (χ1) is 19.2. The maximum absolute atomic E-state index is 13.8. The summed E-state index contributed by atoms with van der Waals surface area (Å²) in [6.45, 7) is 1.54. The van der Waals surface area contributed by atoms with Crippen molar-refractivity contribution in [1.29, 1.82) is 0 Å². The summed E-state index contributed by atoms with van der Waals surface area (Å²) >= 11 is 0. The highest BCUT2D eigenvalue weighted by Gasteiger charge is 2.40. The standard InChI is InChI=1S/C26H20F3N9O2/c1-25(15-6-3-2-4-7-15,23(39)32-13-17-10-9-16(12-31-17)26(27,28)29)38-22-18(14-33-38)21-34-20(19-8-5-11-40-19)36-37(21)24(30)35-22/h2-12,14H,13H2,1H3,(H2,30,35)(H,32,39)/t25-/m1/s1. The van der Waals surface area contributed by atoms with Gasteiger partial charge < -0.3 is 15.5 Å². The van der Waals surface area contributed by atoms with Gasteiger partial charge in [-0.05, 0) is 36.8 Å². The minimum atomic E-state index is -4.51. The molecule has 0 fully saturated rings. The lowest BCUT2D eigenvalue weighted by atomic mass is 9.91. The van der Waals surface area contributed by atoms with E-state index in [4.69, 9.17) is 10.2 Å². The van der Waals surface area contributed by atoms with Crippen molar-refractivity contribution in [3.05, 3.63) is 90.1 Å². The molecule has 0 unspecified atom stereocenters. The smallest absolute Gasteiger partial charge is 0.417 e. The van der Waals surface area contributed by atoms with E-state index in [1.54, 1.807) is 49.4 Å². The van der Waals surface area contributed by atoms with Gasteiger partial charge in [0.15, 0.2) is 22.6 Å². The number of alkyl halides is 3. The SMILES string of the molecule is C[C@](C(=O)NCc1ccc(C(F)(F)F)cn1)(c1ccccc1)n1ncc2c1nc(N)n1nc(-c3ccco3)nc21. The van der Waals surface area contributed by atoms with Crippen molar-refractivity contribution >= 4 is 28.5 Å². The molecule has 202 valence electrons. The molecule has 1 amide bonds. The van der Waals surface area contributed by atoms with Crippen molar-refractivity contribution in [2.45, 2.75) is 25.2 Å². The number of nitrogens with two attached hydrogens (primary N) is 1. The van der Waals surface area contributed by atoms with Gasteiger partial charge in [0.1, 0.15) is 0 Å². The second-order valence-corrected chi connectivity index (χ2v) is 9.07. The molecule has 0 aliphatic heterocycles. The number of nitrogen functional groups attached to an aromatic ring is 1. The first kappa shape index (κ1) is 25.0. The topological polar surface area (TPSA) is 142 Å². The molecule has 0 aliphatic rings. The number of hydrogen-bond donors (Lipinski definition) is 2. The number of furan rings is 1. The summed E-state index contributed by atoms with van der Waals surface area (Å²) in [4.78, 5) is 26.7. The van der Waals surface area contributed by atoms with Crippen molar-refractivity contribution in [2.24, 2.45) is 0 Å². The molecule has 6 rings (SSSR count). The number of carbonyl (C=O) groups is 1. The second-order valence-electron chi connectivity index (χ2n) is 9.07. The van der Waals surface area contributed by atoms with Gasteiger partial charge in [0.05, 0.1) is 35.6 Å². The molecule has 40 heavy (non-hydrogen) atoms. The van der Waals surface area contributed by atoms with Crippen LogP contribution in [0.5, 0.6) is 0 Å². The van der Waals surface area contributed by atoms with Gasteiger partial charge in [-0.15, -0.1) is 5.10 Å². The zero-order valence-electron chi connectivity index (χ0n) is 20.8. The normalized spacial score (nSPS) is 13.5. The average molecular weight is 548 g/mol. The number of halogens is 3. The summed E-state index contributed by atoms with van der Waals surface area (Å²) in [7, 11) is 0. The van der Waals surface area contributed by atoms with Crippen molar-refractivity contribution in [2.75, 3.05) is 5.73 Å². The highest BCUT2D eigenvalue weighted by molar-refractivity contribution is 5.94. The van der Waals surface area contributed by atoms with E-state index in [1.165, 1.54) is 27.7 Å². The lowest BCUT2D eigenvalue weighted by molar-refractivity contribution is -0.137. The Morgan fingerprint density at radius 2 is 1.80 bits per heavy atom. The minimum Gasteiger partial charge on any atom is -0.461 e. The summed E-state index contributed by atoms with van der Waals surface area (Å²) in [6, 6.07) is 14.4. The zero-order valence-corrected chi connectivity index (χ0v) is 20.8. The summed E-state index contributed by atoms with van der Waals surface area (Å²) in [5, 5.41) is 12.2. The van der Waals surface area contributed by atoms with Gasteiger partial charge in [0, 0.05) is 6.20 Å². The molecular formula is C26H20F3N9O2. The minimum absolute atomic E-state index is 0.0133. The molecule has 0 bridgehead atoms. The summed E-state index contributed by atoms with van der Waals surface area (Å²) in [6.07, 6.45) is -0.762. The van der Waals surface area contributed by atoms with Crippen molar-refractivity contribution in [3.63, 3.8) is 0 Å². The Labute approximate surface area is 223 Å². The predicted octanol–water partition coefficient (Wildman–Crippen LogP) is 3.81. The Bertz CT molecular complexity index is 1830. The van der Waals surface area contributed by atoms with Crippen molar-refractivity contribution in [3.8, 4) is 11.6 Å². The van der Waals surface area contributed by atoms with E-state index in [9.17, 15) is 18.0 Å². The van der Waals surface area contributed by atoms with Crippen LogP contribution < -0.4 is 11.1 Å². The van der Waals surface area contributed by atoms with Crippen LogP contribution in [0, 0.1) is 0 Å². The molecule has 6 aromatic rings. The van der Waals surface area contributed by atoms with Crippen LogP contribution in [0.2, 0.25) is 0 Å². The lowest BCUT2D eigenvalue weighted by Crippen LogP contribution is -2.48.